The number of hydrogen-bond acceptors (Lipinski definition) is 6. The van der Waals surface area contributed by atoms with Crippen molar-refractivity contribution in [3.05, 3.63) is 76.9 Å². The van der Waals surface area contributed by atoms with E-state index in [1.807, 2.05) is 52.0 Å². The number of aromatic nitrogens is 1. The Hall–Kier alpha value is -3.49. The van der Waals surface area contributed by atoms with Crippen LogP contribution >= 0.6 is 0 Å². The summed E-state index contributed by atoms with van der Waals surface area (Å²) in [6, 6.07) is 14.3. The standard InChI is InChI=1S/C36H47FN2O5/c1-24-30(33(34(40)41)44-35(2,3)4)32(39-20-18-36(5,6)19-21-39)31(29(38-24)17-22-42-7)26-10-14-28(15-11-26)43-23-16-25-8-12-27(37)13-9-25/h8-15,33H,16-23H2,1-7H3,(H,40,41). The molecule has 3 aromatic rings. The van der Waals surface area contributed by atoms with E-state index in [9.17, 15) is 14.3 Å². The molecule has 1 N–H and O–H groups in total. The number of hydrogen-bond donors (Lipinski definition) is 1. The molecule has 1 saturated heterocycles. The molecule has 0 spiro atoms. The molecule has 1 aliphatic rings. The maximum atomic E-state index is 13.3. The predicted molar refractivity (Wildman–Crippen MR) is 172 cm³/mol. The van der Waals surface area contributed by atoms with Gasteiger partial charge in [-0.1, -0.05) is 38.1 Å². The first-order chi connectivity index (χ1) is 20.8. The van der Waals surface area contributed by atoms with E-state index in [-0.39, 0.29) is 11.2 Å². The zero-order valence-corrected chi connectivity index (χ0v) is 27.2. The Morgan fingerprint density at radius 2 is 1.66 bits per heavy atom. The number of rotatable bonds is 12. The van der Waals surface area contributed by atoms with Crippen LogP contribution in [0.3, 0.4) is 0 Å². The number of carbonyl (C=O) groups is 1. The lowest BCUT2D eigenvalue weighted by Gasteiger charge is -2.41. The number of benzene rings is 2. The second-order valence-electron chi connectivity index (χ2n) is 13.4. The van der Waals surface area contributed by atoms with E-state index < -0.39 is 17.7 Å². The minimum Gasteiger partial charge on any atom is -0.493 e. The zero-order valence-electron chi connectivity index (χ0n) is 27.2. The van der Waals surface area contributed by atoms with Gasteiger partial charge in [-0.25, -0.2) is 9.18 Å². The van der Waals surface area contributed by atoms with Gasteiger partial charge in [-0.05, 0) is 81.3 Å². The summed E-state index contributed by atoms with van der Waals surface area (Å²) in [6.45, 7) is 14.6. The maximum absolute atomic E-state index is 13.3. The largest absolute Gasteiger partial charge is 0.493 e. The lowest BCUT2D eigenvalue weighted by atomic mass is 9.81. The summed E-state index contributed by atoms with van der Waals surface area (Å²) in [5, 5.41) is 10.5. The number of carboxylic acid groups (broad SMARTS) is 1. The Kier molecular flexibility index (Phi) is 10.7. The molecule has 1 aromatic heterocycles. The number of nitrogens with zero attached hydrogens (tertiary/aromatic N) is 2. The molecule has 1 atom stereocenters. The van der Waals surface area contributed by atoms with Crippen molar-refractivity contribution in [1.82, 2.24) is 4.98 Å². The Morgan fingerprint density at radius 1 is 1.02 bits per heavy atom. The SMILES string of the molecule is COCCc1nc(C)c(C(OC(C)(C)C)C(=O)O)c(N2CCC(C)(C)CC2)c1-c1ccc(OCCc2ccc(F)cc2)cc1. The normalized spacial score (nSPS) is 15.7. The van der Waals surface area contributed by atoms with Crippen molar-refractivity contribution in [2.75, 3.05) is 38.3 Å². The molecular weight excluding hydrogens is 559 g/mol. The van der Waals surface area contributed by atoms with Crippen molar-refractivity contribution in [2.45, 2.75) is 78.9 Å². The molecule has 7 nitrogen and oxygen atoms in total. The zero-order chi connectivity index (χ0) is 32.1. The monoisotopic (exact) mass is 606 g/mol. The highest BCUT2D eigenvalue weighted by atomic mass is 19.1. The van der Waals surface area contributed by atoms with Gasteiger partial charge >= 0.3 is 5.97 Å². The van der Waals surface area contributed by atoms with Gasteiger partial charge in [0.2, 0.25) is 0 Å². The van der Waals surface area contributed by atoms with Crippen LogP contribution in [0.4, 0.5) is 10.1 Å². The first-order valence-electron chi connectivity index (χ1n) is 15.4. The summed E-state index contributed by atoms with van der Waals surface area (Å²) in [5.41, 5.74) is 5.35. The van der Waals surface area contributed by atoms with Gasteiger partial charge in [-0.15, -0.1) is 0 Å². The molecule has 1 aliphatic heterocycles. The summed E-state index contributed by atoms with van der Waals surface area (Å²) >= 11 is 0. The van der Waals surface area contributed by atoms with Gasteiger partial charge in [0.1, 0.15) is 11.6 Å². The van der Waals surface area contributed by atoms with Gasteiger partial charge in [0.05, 0.1) is 30.2 Å². The van der Waals surface area contributed by atoms with Gasteiger partial charge in [-0.3, -0.25) is 4.98 Å². The van der Waals surface area contributed by atoms with E-state index >= 15 is 0 Å². The predicted octanol–water partition coefficient (Wildman–Crippen LogP) is 7.57. The number of halogens is 1. The number of pyridine rings is 1. The highest BCUT2D eigenvalue weighted by molar-refractivity contribution is 5.88. The van der Waals surface area contributed by atoms with E-state index in [1.54, 1.807) is 19.2 Å². The topological polar surface area (TPSA) is 81.1 Å². The molecule has 0 radical (unpaired) electrons. The highest BCUT2D eigenvalue weighted by Crippen LogP contribution is 2.45. The van der Waals surface area contributed by atoms with Crippen LogP contribution in [0.25, 0.3) is 11.1 Å². The van der Waals surface area contributed by atoms with Crippen molar-refractivity contribution in [3.8, 4) is 16.9 Å². The van der Waals surface area contributed by atoms with Gasteiger partial charge in [-0.2, -0.15) is 0 Å². The third kappa shape index (κ3) is 8.57. The minimum absolute atomic E-state index is 0.207. The average Bonchev–Trinajstić information content (AvgIpc) is 2.96. The van der Waals surface area contributed by atoms with E-state index in [1.165, 1.54) is 12.1 Å². The smallest absolute Gasteiger partial charge is 0.337 e. The number of aliphatic carboxylic acids is 1. The molecule has 2 heterocycles. The van der Waals surface area contributed by atoms with Crippen LogP contribution in [0.5, 0.6) is 5.75 Å². The first-order valence-corrected chi connectivity index (χ1v) is 15.4. The van der Waals surface area contributed by atoms with Crippen molar-refractivity contribution >= 4 is 11.7 Å². The Morgan fingerprint density at radius 3 is 2.23 bits per heavy atom. The first kappa shape index (κ1) is 33.4. The summed E-state index contributed by atoms with van der Waals surface area (Å²) in [4.78, 5) is 20.1. The highest BCUT2D eigenvalue weighted by Gasteiger charge is 2.36. The van der Waals surface area contributed by atoms with Gasteiger partial charge < -0.3 is 24.2 Å². The molecule has 0 saturated carbocycles. The third-order valence-corrected chi connectivity index (χ3v) is 8.12. The summed E-state index contributed by atoms with van der Waals surface area (Å²) in [5.74, 6) is -0.574. The van der Waals surface area contributed by atoms with Gasteiger partial charge in [0.15, 0.2) is 6.10 Å². The molecule has 4 rings (SSSR count). The summed E-state index contributed by atoms with van der Waals surface area (Å²) in [6.07, 6.45) is 2.02. The van der Waals surface area contributed by atoms with E-state index in [2.05, 4.69) is 18.7 Å². The van der Waals surface area contributed by atoms with Crippen LogP contribution in [0.1, 0.15) is 76.1 Å². The second kappa shape index (κ2) is 14.1. The number of aryl methyl sites for hydroxylation is 1. The second-order valence-corrected chi connectivity index (χ2v) is 13.4. The average molecular weight is 607 g/mol. The fraction of sp³-hybridized carbons (Fsp3) is 0.500. The van der Waals surface area contributed by atoms with Crippen LogP contribution in [0, 0.1) is 18.2 Å². The number of methoxy groups -OCH3 is 1. The molecule has 0 bridgehead atoms. The van der Waals surface area contributed by atoms with Crippen LogP contribution in [0.15, 0.2) is 48.5 Å². The van der Waals surface area contributed by atoms with Gasteiger partial charge in [0.25, 0.3) is 0 Å². The van der Waals surface area contributed by atoms with Crippen molar-refractivity contribution in [1.29, 1.82) is 0 Å². The number of anilines is 1. The Balaban J connectivity index is 1.79. The third-order valence-electron chi connectivity index (χ3n) is 8.12. The Bertz CT molecular complexity index is 1400. The number of piperidine rings is 1. The minimum atomic E-state index is -1.18. The van der Waals surface area contributed by atoms with Crippen LogP contribution in [-0.4, -0.2) is 55.1 Å². The molecule has 1 unspecified atom stereocenters. The molecular formula is C36H47FN2O5. The van der Waals surface area contributed by atoms with Crippen molar-refractivity contribution < 1.29 is 28.5 Å². The molecule has 0 amide bonds. The van der Waals surface area contributed by atoms with E-state index in [0.717, 1.165) is 59.8 Å². The number of ether oxygens (including phenoxy) is 3. The summed E-state index contributed by atoms with van der Waals surface area (Å²) in [7, 11) is 1.67. The van der Waals surface area contributed by atoms with Crippen LogP contribution < -0.4 is 9.64 Å². The summed E-state index contributed by atoms with van der Waals surface area (Å²) < 4.78 is 31.0. The fourth-order valence-corrected chi connectivity index (χ4v) is 5.66. The molecule has 0 aliphatic carbocycles. The van der Waals surface area contributed by atoms with E-state index in [4.69, 9.17) is 19.2 Å². The van der Waals surface area contributed by atoms with E-state index in [0.29, 0.717) is 37.3 Å². The quantitative estimate of drug-likeness (QED) is 0.228. The fourth-order valence-electron chi connectivity index (χ4n) is 5.66. The Labute approximate surface area is 261 Å². The number of carboxylic acids is 1. The van der Waals surface area contributed by atoms with Crippen LogP contribution in [0.2, 0.25) is 0 Å². The molecule has 8 heteroatoms. The van der Waals surface area contributed by atoms with Crippen LogP contribution in [-0.2, 0) is 27.1 Å². The van der Waals surface area contributed by atoms with Crippen molar-refractivity contribution in [2.24, 2.45) is 5.41 Å². The van der Waals surface area contributed by atoms with Crippen molar-refractivity contribution in [3.63, 3.8) is 0 Å². The lowest BCUT2D eigenvalue weighted by Crippen LogP contribution is -2.39. The molecule has 44 heavy (non-hydrogen) atoms. The molecule has 2 aromatic carbocycles. The molecule has 1 fully saturated rings. The lowest BCUT2D eigenvalue weighted by molar-refractivity contribution is -0.160. The molecule has 238 valence electrons. The van der Waals surface area contributed by atoms with Gasteiger partial charge in [0, 0.05) is 49.9 Å². The maximum Gasteiger partial charge on any atom is 0.337 e.